The number of ether oxygens (including phenoxy) is 1. The molecule has 0 aliphatic carbocycles. The Hall–Kier alpha value is 0.310. The van der Waals surface area contributed by atoms with Crippen LogP contribution in [0.25, 0.3) is 0 Å². The van der Waals surface area contributed by atoms with Gasteiger partial charge in [0.2, 0.25) is 0 Å². The van der Waals surface area contributed by atoms with Crippen molar-refractivity contribution in [2.24, 2.45) is 5.92 Å². The van der Waals surface area contributed by atoms with E-state index in [1.165, 1.54) is 19.3 Å². The van der Waals surface area contributed by atoms with Crippen LogP contribution in [0.3, 0.4) is 0 Å². The van der Waals surface area contributed by atoms with E-state index in [9.17, 15) is 0 Å². The Bertz CT molecular complexity index is 156. The van der Waals surface area contributed by atoms with Crippen molar-refractivity contribution in [3.63, 3.8) is 0 Å². The predicted molar refractivity (Wildman–Crippen MR) is 60.1 cm³/mol. The summed E-state index contributed by atoms with van der Waals surface area (Å²) in [6.07, 6.45) is 3.74. The molecule has 13 heavy (non-hydrogen) atoms. The van der Waals surface area contributed by atoms with Crippen LogP contribution in [-0.4, -0.2) is 16.8 Å². The fraction of sp³-hybridized carbons (Fsp3) is 1.00. The van der Waals surface area contributed by atoms with Gasteiger partial charge in [0.25, 0.3) is 0 Å². The molecule has 1 aliphatic heterocycles. The number of rotatable bonds is 3. The molecule has 0 amide bonds. The molecule has 2 heteroatoms. The van der Waals surface area contributed by atoms with Crippen LogP contribution in [0.15, 0.2) is 0 Å². The first-order valence-electron chi connectivity index (χ1n) is 5.34. The monoisotopic (exact) mass is 202 g/mol. The first kappa shape index (κ1) is 11.4. The molecule has 1 saturated heterocycles. The fourth-order valence-corrected chi connectivity index (χ4v) is 3.06. The lowest BCUT2D eigenvalue weighted by Crippen LogP contribution is -2.33. The van der Waals surface area contributed by atoms with E-state index in [0.29, 0.717) is 16.1 Å². The molecular formula is C11H22OS. The van der Waals surface area contributed by atoms with E-state index >= 15 is 0 Å². The van der Waals surface area contributed by atoms with Gasteiger partial charge in [-0.05, 0) is 18.8 Å². The van der Waals surface area contributed by atoms with Crippen molar-refractivity contribution >= 4 is 11.8 Å². The summed E-state index contributed by atoms with van der Waals surface area (Å²) >= 11 is 2.01. The predicted octanol–water partition coefficient (Wildman–Crippen LogP) is 3.68. The smallest absolute Gasteiger partial charge is 0.106 e. The second-order valence-electron chi connectivity index (χ2n) is 4.63. The molecule has 2 unspecified atom stereocenters. The highest BCUT2D eigenvalue weighted by Gasteiger charge is 2.31. The van der Waals surface area contributed by atoms with Crippen molar-refractivity contribution in [1.82, 2.24) is 0 Å². The summed E-state index contributed by atoms with van der Waals surface area (Å²) in [5.74, 6) is 0.703. The normalized spacial score (nSPS) is 30.0. The Morgan fingerprint density at radius 2 is 2.23 bits per heavy atom. The van der Waals surface area contributed by atoms with Crippen molar-refractivity contribution in [2.75, 3.05) is 6.61 Å². The van der Waals surface area contributed by atoms with Gasteiger partial charge in [-0.3, -0.25) is 0 Å². The first-order chi connectivity index (χ1) is 6.05. The van der Waals surface area contributed by atoms with Gasteiger partial charge in [0.1, 0.15) is 5.44 Å². The topological polar surface area (TPSA) is 9.23 Å². The second kappa shape index (κ2) is 4.70. The summed E-state index contributed by atoms with van der Waals surface area (Å²) in [6.45, 7) is 10.1. The lowest BCUT2D eigenvalue weighted by atomic mass is 10.1. The first-order valence-corrected chi connectivity index (χ1v) is 6.22. The highest BCUT2D eigenvalue weighted by Crippen LogP contribution is 2.40. The van der Waals surface area contributed by atoms with Gasteiger partial charge in [0.05, 0.1) is 0 Å². The molecule has 0 bridgehead atoms. The lowest BCUT2D eigenvalue weighted by Gasteiger charge is -2.37. The minimum absolute atomic E-state index is 0.422. The second-order valence-corrected chi connectivity index (χ2v) is 6.44. The van der Waals surface area contributed by atoms with E-state index < -0.39 is 0 Å². The third kappa shape index (κ3) is 3.51. The van der Waals surface area contributed by atoms with Crippen molar-refractivity contribution in [2.45, 2.75) is 57.1 Å². The summed E-state index contributed by atoms with van der Waals surface area (Å²) < 4.78 is 6.21. The number of thioether (sulfide) groups is 1. The maximum Gasteiger partial charge on any atom is 0.106 e. The Morgan fingerprint density at radius 3 is 2.77 bits per heavy atom. The highest BCUT2D eigenvalue weighted by molar-refractivity contribution is 8.01. The van der Waals surface area contributed by atoms with Crippen molar-refractivity contribution in [1.29, 1.82) is 0 Å². The van der Waals surface area contributed by atoms with E-state index in [1.54, 1.807) is 0 Å². The molecule has 1 fully saturated rings. The van der Waals surface area contributed by atoms with Crippen LogP contribution < -0.4 is 0 Å². The molecule has 0 saturated carbocycles. The van der Waals surface area contributed by atoms with E-state index in [1.807, 2.05) is 11.8 Å². The van der Waals surface area contributed by atoms with E-state index in [0.717, 1.165) is 6.61 Å². The average Bonchev–Trinajstić information content (AvgIpc) is 2.03. The zero-order chi connectivity index (χ0) is 9.90. The van der Waals surface area contributed by atoms with Gasteiger partial charge in [0, 0.05) is 11.4 Å². The van der Waals surface area contributed by atoms with Crippen LogP contribution in [0, 0.1) is 5.92 Å². The maximum absolute atomic E-state index is 5.79. The van der Waals surface area contributed by atoms with Gasteiger partial charge < -0.3 is 4.74 Å². The average molecular weight is 202 g/mol. The van der Waals surface area contributed by atoms with E-state index in [2.05, 4.69) is 27.7 Å². The minimum atomic E-state index is 0.422. The largest absolute Gasteiger partial charge is 0.367 e. The Kier molecular flexibility index (Phi) is 4.11. The molecule has 0 spiro atoms. The van der Waals surface area contributed by atoms with Crippen LogP contribution in [0.4, 0.5) is 0 Å². The zero-order valence-electron chi connectivity index (χ0n) is 9.30. The maximum atomic E-state index is 5.79. The molecule has 0 aromatic rings. The molecule has 1 heterocycles. The van der Waals surface area contributed by atoms with Gasteiger partial charge in [0.15, 0.2) is 0 Å². The molecule has 0 aromatic carbocycles. The number of hydrogen-bond donors (Lipinski definition) is 0. The minimum Gasteiger partial charge on any atom is -0.367 e. The quantitative estimate of drug-likeness (QED) is 0.690. The highest BCUT2D eigenvalue weighted by atomic mass is 32.2. The SMILES string of the molecule is CCCC(C)C1OCCC(C)(C)S1. The molecule has 78 valence electrons. The molecule has 0 radical (unpaired) electrons. The van der Waals surface area contributed by atoms with Crippen LogP contribution in [0.1, 0.15) is 47.0 Å². The summed E-state index contributed by atoms with van der Waals surface area (Å²) in [4.78, 5) is 0. The molecule has 1 nitrogen and oxygen atoms in total. The van der Waals surface area contributed by atoms with Gasteiger partial charge in [-0.15, -0.1) is 11.8 Å². The Morgan fingerprint density at radius 1 is 1.54 bits per heavy atom. The molecule has 0 aromatic heterocycles. The third-order valence-corrected chi connectivity index (χ3v) is 4.31. The summed E-state index contributed by atoms with van der Waals surface area (Å²) in [6, 6.07) is 0. The van der Waals surface area contributed by atoms with Crippen molar-refractivity contribution in [3.05, 3.63) is 0 Å². The van der Waals surface area contributed by atoms with Gasteiger partial charge in [-0.2, -0.15) is 0 Å². The lowest BCUT2D eigenvalue weighted by molar-refractivity contribution is 0.0582. The molecule has 1 aliphatic rings. The molecule has 2 atom stereocenters. The van der Waals surface area contributed by atoms with Crippen molar-refractivity contribution < 1.29 is 4.74 Å². The van der Waals surface area contributed by atoms with Gasteiger partial charge in [-0.1, -0.05) is 34.1 Å². The molecule has 0 N–H and O–H groups in total. The van der Waals surface area contributed by atoms with Crippen LogP contribution in [0.5, 0.6) is 0 Å². The van der Waals surface area contributed by atoms with Crippen LogP contribution in [-0.2, 0) is 4.74 Å². The standard InChI is InChI=1S/C11H22OS/c1-5-6-9(2)10-12-8-7-11(3,4)13-10/h9-10H,5-8H2,1-4H3. The summed E-state index contributed by atoms with van der Waals surface area (Å²) in [7, 11) is 0. The Labute approximate surface area is 86.6 Å². The van der Waals surface area contributed by atoms with Crippen LogP contribution >= 0.6 is 11.8 Å². The van der Waals surface area contributed by atoms with E-state index in [4.69, 9.17) is 4.74 Å². The summed E-state index contributed by atoms with van der Waals surface area (Å²) in [5.41, 5.74) is 0.434. The third-order valence-electron chi connectivity index (χ3n) is 2.63. The van der Waals surface area contributed by atoms with E-state index in [-0.39, 0.29) is 0 Å². The molecular weight excluding hydrogens is 180 g/mol. The van der Waals surface area contributed by atoms with Crippen LogP contribution in [0.2, 0.25) is 0 Å². The summed E-state index contributed by atoms with van der Waals surface area (Å²) in [5, 5.41) is 0. The fourth-order valence-electron chi connectivity index (χ4n) is 1.70. The molecule has 1 rings (SSSR count). The van der Waals surface area contributed by atoms with Gasteiger partial charge in [-0.25, -0.2) is 0 Å². The van der Waals surface area contributed by atoms with Gasteiger partial charge >= 0.3 is 0 Å². The van der Waals surface area contributed by atoms with Crippen molar-refractivity contribution in [3.8, 4) is 0 Å². The number of hydrogen-bond acceptors (Lipinski definition) is 2. The zero-order valence-corrected chi connectivity index (χ0v) is 10.1. The Balaban J connectivity index is 2.42.